The van der Waals surface area contributed by atoms with Gasteiger partial charge in [-0.05, 0) is 54.2 Å². The van der Waals surface area contributed by atoms with Gasteiger partial charge in [0.1, 0.15) is 17.3 Å². The van der Waals surface area contributed by atoms with Crippen molar-refractivity contribution in [2.45, 2.75) is 25.7 Å². The minimum Gasteiger partial charge on any atom is -0.497 e. The summed E-state index contributed by atoms with van der Waals surface area (Å²) in [6.07, 6.45) is 3.16. The first-order valence-corrected chi connectivity index (χ1v) is 12.0. The molecule has 0 spiro atoms. The van der Waals surface area contributed by atoms with Gasteiger partial charge >= 0.3 is 0 Å². The summed E-state index contributed by atoms with van der Waals surface area (Å²) in [4.78, 5) is 19.4. The predicted octanol–water partition coefficient (Wildman–Crippen LogP) is 3.72. The first kappa shape index (κ1) is 23.0. The van der Waals surface area contributed by atoms with Crippen LogP contribution in [0.1, 0.15) is 29.8 Å². The number of aromatic nitrogens is 2. The van der Waals surface area contributed by atoms with Crippen molar-refractivity contribution in [1.82, 2.24) is 14.7 Å². The molecule has 1 fully saturated rings. The van der Waals surface area contributed by atoms with E-state index < -0.39 is 0 Å². The molecule has 2 aromatic carbocycles. The normalized spacial score (nSPS) is 14.2. The second-order valence-electron chi connectivity index (χ2n) is 8.28. The van der Waals surface area contributed by atoms with Gasteiger partial charge in [0.05, 0.1) is 20.6 Å². The van der Waals surface area contributed by atoms with E-state index in [0.29, 0.717) is 18.8 Å². The zero-order valence-corrected chi connectivity index (χ0v) is 19.9. The molecule has 1 aromatic heterocycles. The summed E-state index contributed by atoms with van der Waals surface area (Å²) < 4.78 is 15.0. The zero-order valence-electron chi connectivity index (χ0n) is 19.1. The van der Waals surface area contributed by atoms with E-state index in [1.54, 1.807) is 14.2 Å². The number of benzene rings is 2. The van der Waals surface area contributed by atoms with E-state index in [0.717, 1.165) is 66.1 Å². The minimum atomic E-state index is 0.0638. The van der Waals surface area contributed by atoms with Gasteiger partial charge < -0.3 is 19.7 Å². The number of anilines is 1. The number of nitrogens with one attached hydrogen (secondary N) is 1. The van der Waals surface area contributed by atoms with Gasteiger partial charge in [-0.2, -0.15) is 4.37 Å². The Hall–Kier alpha value is -3.13. The molecule has 0 atom stereocenters. The maximum Gasteiger partial charge on any atom is 0.224 e. The average Bonchev–Trinajstić information content (AvgIpc) is 3.32. The van der Waals surface area contributed by atoms with Crippen molar-refractivity contribution in [2.24, 2.45) is 5.92 Å². The molecule has 1 saturated heterocycles. The lowest BCUT2D eigenvalue weighted by atomic mass is 9.97. The smallest absolute Gasteiger partial charge is 0.224 e. The van der Waals surface area contributed by atoms with Gasteiger partial charge in [0.2, 0.25) is 11.0 Å². The topological polar surface area (TPSA) is 76.6 Å². The van der Waals surface area contributed by atoms with Crippen molar-refractivity contribution < 1.29 is 14.3 Å². The number of rotatable bonds is 9. The Labute approximate surface area is 198 Å². The van der Waals surface area contributed by atoms with Crippen LogP contribution in [0.25, 0.3) is 0 Å². The van der Waals surface area contributed by atoms with Gasteiger partial charge in [0.25, 0.3) is 0 Å². The molecule has 8 heteroatoms. The summed E-state index contributed by atoms with van der Waals surface area (Å²) in [5, 5.41) is 4.08. The van der Waals surface area contributed by atoms with Crippen LogP contribution in [0.15, 0.2) is 48.5 Å². The zero-order chi connectivity index (χ0) is 23.0. The van der Waals surface area contributed by atoms with Gasteiger partial charge in [-0.3, -0.25) is 4.79 Å². The fourth-order valence-electron chi connectivity index (χ4n) is 3.99. The van der Waals surface area contributed by atoms with E-state index in [1.165, 1.54) is 11.5 Å². The van der Waals surface area contributed by atoms with Crippen molar-refractivity contribution in [3.63, 3.8) is 0 Å². The van der Waals surface area contributed by atoms with Crippen molar-refractivity contribution in [1.29, 1.82) is 0 Å². The van der Waals surface area contributed by atoms with Gasteiger partial charge in [-0.1, -0.05) is 24.3 Å². The van der Waals surface area contributed by atoms with E-state index in [9.17, 15) is 4.79 Å². The highest BCUT2D eigenvalue weighted by Crippen LogP contribution is 2.25. The van der Waals surface area contributed by atoms with Crippen LogP contribution in [0.4, 0.5) is 5.13 Å². The Balaban J connectivity index is 1.20. The van der Waals surface area contributed by atoms with Gasteiger partial charge in [-0.25, -0.2) is 4.98 Å². The molecule has 1 N–H and O–H groups in total. The number of amides is 1. The number of carbonyl (C=O) groups excluding carboxylic acids is 1. The SMILES string of the molecule is COc1ccc(CC(=O)NCC2CCN(c3nc(Cc4cccc(OC)c4)ns3)CC2)cc1. The molecule has 3 aromatic rings. The summed E-state index contributed by atoms with van der Waals surface area (Å²) in [7, 11) is 3.31. The monoisotopic (exact) mass is 466 g/mol. The molecule has 1 aliphatic rings. The highest BCUT2D eigenvalue weighted by atomic mass is 32.1. The molecule has 0 bridgehead atoms. The molecule has 0 aliphatic carbocycles. The van der Waals surface area contributed by atoms with Crippen LogP contribution in [0, 0.1) is 5.92 Å². The Morgan fingerprint density at radius 2 is 1.82 bits per heavy atom. The van der Waals surface area contributed by atoms with Gasteiger partial charge in [0, 0.05) is 37.6 Å². The Morgan fingerprint density at radius 3 is 2.55 bits per heavy atom. The molecule has 1 aliphatic heterocycles. The van der Waals surface area contributed by atoms with Crippen molar-refractivity contribution >= 4 is 22.6 Å². The molecule has 0 radical (unpaired) electrons. The van der Waals surface area contributed by atoms with E-state index in [4.69, 9.17) is 14.5 Å². The third-order valence-electron chi connectivity index (χ3n) is 5.95. The lowest BCUT2D eigenvalue weighted by molar-refractivity contribution is -0.120. The predicted molar refractivity (Wildman–Crippen MR) is 130 cm³/mol. The largest absolute Gasteiger partial charge is 0.497 e. The molecular weight excluding hydrogens is 436 g/mol. The minimum absolute atomic E-state index is 0.0638. The number of hydrogen-bond acceptors (Lipinski definition) is 7. The summed E-state index contributed by atoms with van der Waals surface area (Å²) in [6, 6.07) is 15.6. The lowest BCUT2D eigenvalue weighted by Gasteiger charge is -2.31. The van der Waals surface area contributed by atoms with E-state index in [1.807, 2.05) is 42.5 Å². The van der Waals surface area contributed by atoms with Crippen LogP contribution in [0.2, 0.25) is 0 Å². The number of methoxy groups -OCH3 is 2. The second-order valence-corrected chi connectivity index (χ2v) is 9.01. The van der Waals surface area contributed by atoms with Crippen LogP contribution >= 0.6 is 11.5 Å². The third kappa shape index (κ3) is 6.44. The van der Waals surface area contributed by atoms with Crippen LogP contribution in [-0.2, 0) is 17.6 Å². The number of hydrogen-bond donors (Lipinski definition) is 1. The third-order valence-corrected chi connectivity index (χ3v) is 6.77. The Bertz CT molecular complexity index is 1050. The standard InChI is InChI=1S/C25H30N4O3S/c1-31-21-8-6-18(7-9-21)16-24(30)26-17-19-10-12-29(13-11-19)25-27-23(28-33-25)15-20-4-3-5-22(14-20)32-2/h3-9,14,19H,10-13,15-17H2,1-2H3,(H,26,30). The van der Waals surface area contributed by atoms with Crippen LogP contribution in [0.5, 0.6) is 11.5 Å². The summed E-state index contributed by atoms with van der Waals surface area (Å²) in [5.74, 6) is 3.05. The Kier molecular flexibility index (Phi) is 7.78. The maximum absolute atomic E-state index is 12.3. The highest BCUT2D eigenvalue weighted by molar-refractivity contribution is 7.09. The maximum atomic E-state index is 12.3. The number of carbonyl (C=O) groups is 1. The lowest BCUT2D eigenvalue weighted by Crippen LogP contribution is -2.39. The summed E-state index contributed by atoms with van der Waals surface area (Å²) >= 11 is 1.46. The van der Waals surface area contributed by atoms with Crippen LogP contribution < -0.4 is 19.7 Å². The summed E-state index contributed by atoms with van der Waals surface area (Å²) in [5.41, 5.74) is 2.13. The number of nitrogens with zero attached hydrogens (tertiary/aromatic N) is 3. The van der Waals surface area contributed by atoms with E-state index >= 15 is 0 Å². The molecule has 0 unspecified atom stereocenters. The quantitative estimate of drug-likeness (QED) is 0.518. The average molecular weight is 467 g/mol. The molecule has 4 rings (SSSR count). The van der Waals surface area contributed by atoms with Crippen LogP contribution in [-0.4, -0.2) is 49.1 Å². The summed E-state index contributed by atoms with van der Waals surface area (Å²) in [6.45, 7) is 2.60. The molecule has 2 heterocycles. The highest BCUT2D eigenvalue weighted by Gasteiger charge is 2.22. The fourth-order valence-corrected chi connectivity index (χ4v) is 4.72. The molecule has 1 amide bonds. The van der Waals surface area contributed by atoms with E-state index in [-0.39, 0.29) is 5.91 Å². The van der Waals surface area contributed by atoms with Crippen LogP contribution in [0.3, 0.4) is 0 Å². The number of ether oxygens (including phenoxy) is 2. The Morgan fingerprint density at radius 1 is 1.06 bits per heavy atom. The molecular formula is C25H30N4O3S. The van der Waals surface area contributed by atoms with Crippen molar-refractivity contribution in [3.05, 3.63) is 65.5 Å². The van der Waals surface area contributed by atoms with Gasteiger partial charge in [-0.15, -0.1) is 0 Å². The number of piperidine rings is 1. The molecule has 0 saturated carbocycles. The first-order chi connectivity index (χ1) is 16.1. The molecule has 33 heavy (non-hydrogen) atoms. The molecule has 7 nitrogen and oxygen atoms in total. The van der Waals surface area contributed by atoms with Crippen molar-refractivity contribution in [2.75, 3.05) is 38.8 Å². The molecule has 174 valence electrons. The fraction of sp³-hybridized carbons (Fsp3) is 0.400. The van der Waals surface area contributed by atoms with E-state index in [2.05, 4.69) is 20.7 Å². The first-order valence-electron chi connectivity index (χ1n) is 11.2. The second kappa shape index (κ2) is 11.1. The van der Waals surface area contributed by atoms with Gasteiger partial charge in [0.15, 0.2) is 0 Å². The van der Waals surface area contributed by atoms with Crippen molar-refractivity contribution in [3.8, 4) is 11.5 Å².